The molecule has 2 aliphatic carbocycles. The van der Waals surface area contributed by atoms with E-state index in [1.54, 1.807) is 0 Å². The third-order valence-electron chi connectivity index (χ3n) is 3.50. The summed E-state index contributed by atoms with van der Waals surface area (Å²) in [6, 6.07) is 0.454. The third-order valence-corrected chi connectivity index (χ3v) is 3.50. The van der Waals surface area contributed by atoms with Gasteiger partial charge in [-0.25, -0.2) is 0 Å². The van der Waals surface area contributed by atoms with Crippen LogP contribution >= 0.6 is 0 Å². The molecule has 4 heteroatoms. The Labute approximate surface area is 96.9 Å². The predicted octanol–water partition coefficient (Wildman–Crippen LogP) is 0.799. The first-order chi connectivity index (χ1) is 7.79. The Morgan fingerprint density at radius 3 is 2.81 bits per heavy atom. The summed E-state index contributed by atoms with van der Waals surface area (Å²) in [5.74, 6) is 0.635. The molecule has 0 bridgehead atoms. The van der Waals surface area contributed by atoms with Crippen LogP contribution in [-0.2, 0) is 9.53 Å². The molecule has 0 aliphatic heterocycles. The van der Waals surface area contributed by atoms with Gasteiger partial charge in [0.2, 0.25) is 5.91 Å². The lowest BCUT2D eigenvalue weighted by Gasteiger charge is -2.18. The number of nitrogens with two attached hydrogens (primary N) is 1. The molecule has 16 heavy (non-hydrogen) atoms. The van der Waals surface area contributed by atoms with Crippen molar-refractivity contribution in [2.75, 3.05) is 13.2 Å². The molecule has 0 heterocycles. The fourth-order valence-corrected chi connectivity index (χ4v) is 2.32. The molecule has 4 nitrogen and oxygen atoms in total. The van der Waals surface area contributed by atoms with Crippen molar-refractivity contribution in [1.29, 1.82) is 0 Å². The van der Waals surface area contributed by atoms with Gasteiger partial charge in [0.05, 0.1) is 12.7 Å². The molecule has 0 saturated heterocycles. The summed E-state index contributed by atoms with van der Waals surface area (Å²) in [6.07, 6.45) is 6.56. The van der Waals surface area contributed by atoms with Crippen LogP contribution in [0.15, 0.2) is 0 Å². The van der Waals surface area contributed by atoms with E-state index in [1.165, 1.54) is 12.8 Å². The fourth-order valence-electron chi connectivity index (χ4n) is 2.32. The second-order valence-electron chi connectivity index (χ2n) is 4.93. The van der Waals surface area contributed by atoms with Crippen LogP contribution in [0.5, 0.6) is 0 Å². The van der Waals surface area contributed by atoms with Gasteiger partial charge in [0.15, 0.2) is 0 Å². The highest BCUT2D eigenvalue weighted by Crippen LogP contribution is 2.27. The largest absolute Gasteiger partial charge is 0.377 e. The minimum atomic E-state index is 0.129. The van der Waals surface area contributed by atoms with Crippen molar-refractivity contribution in [3.05, 3.63) is 0 Å². The van der Waals surface area contributed by atoms with Gasteiger partial charge in [0.1, 0.15) is 0 Å². The molecular formula is C12H22N2O2. The quantitative estimate of drug-likeness (QED) is 0.704. The predicted molar refractivity (Wildman–Crippen MR) is 61.9 cm³/mol. The summed E-state index contributed by atoms with van der Waals surface area (Å²) in [5.41, 5.74) is 5.67. The fraction of sp³-hybridized carbons (Fsp3) is 0.917. The van der Waals surface area contributed by atoms with Gasteiger partial charge in [-0.3, -0.25) is 4.79 Å². The molecular weight excluding hydrogens is 204 g/mol. The Bertz CT molecular complexity index is 241. The van der Waals surface area contributed by atoms with Crippen molar-refractivity contribution < 1.29 is 9.53 Å². The minimum absolute atomic E-state index is 0.129. The smallest absolute Gasteiger partial charge is 0.222 e. The van der Waals surface area contributed by atoms with Crippen LogP contribution in [0.3, 0.4) is 0 Å². The van der Waals surface area contributed by atoms with Crippen molar-refractivity contribution in [3.63, 3.8) is 0 Å². The van der Waals surface area contributed by atoms with E-state index in [-0.39, 0.29) is 5.91 Å². The maximum absolute atomic E-state index is 11.4. The molecule has 0 aromatic rings. The molecule has 2 rings (SSSR count). The lowest BCUT2D eigenvalue weighted by atomic mass is 10.1. The molecule has 1 amide bonds. The van der Waals surface area contributed by atoms with Crippen LogP contribution in [0.1, 0.15) is 38.5 Å². The first-order valence-corrected chi connectivity index (χ1v) is 6.40. The Balaban J connectivity index is 1.57. The molecule has 2 saturated carbocycles. The number of hydrogen-bond donors (Lipinski definition) is 2. The Morgan fingerprint density at radius 2 is 2.12 bits per heavy atom. The lowest BCUT2D eigenvalue weighted by molar-refractivity contribution is -0.122. The zero-order valence-electron chi connectivity index (χ0n) is 9.78. The number of rotatable bonds is 6. The zero-order valence-corrected chi connectivity index (χ0v) is 9.78. The van der Waals surface area contributed by atoms with Crippen LogP contribution in [0, 0.1) is 5.92 Å². The molecule has 92 valence electrons. The maximum Gasteiger partial charge on any atom is 0.222 e. The number of carbonyl (C=O) groups excluding carboxylic acids is 1. The van der Waals surface area contributed by atoms with Crippen molar-refractivity contribution in [2.24, 2.45) is 11.7 Å². The standard InChI is InChI=1S/C12H22N2O2/c13-8-9-2-1-3-11(9)16-7-6-12(15)14-10-4-5-10/h9-11H,1-8,13H2,(H,14,15). The van der Waals surface area contributed by atoms with E-state index in [1.807, 2.05) is 0 Å². The van der Waals surface area contributed by atoms with Gasteiger partial charge in [-0.05, 0) is 38.1 Å². The summed E-state index contributed by atoms with van der Waals surface area (Å²) in [6.45, 7) is 1.25. The molecule has 0 spiro atoms. The van der Waals surface area contributed by atoms with Crippen LogP contribution in [-0.4, -0.2) is 31.2 Å². The molecule has 3 N–H and O–H groups in total. The van der Waals surface area contributed by atoms with Gasteiger partial charge in [0, 0.05) is 12.5 Å². The summed E-state index contributed by atoms with van der Waals surface area (Å²) in [5, 5.41) is 2.96. The summed E-state index contributed by atoms with van der Waals surface area (Å²) in [4.78, 5) is 11.4. The van der Waals surface area contributed by atoms with Crippen LogP contribution < -0.4 is 11.1 Å². The Kier molecular flexibility index (Phi) is 4.18. The normalized spacial score (nSPS) is 29.3. The van der Waals surface area contributed by atoms with Crippen LogP contribution in [0.4, 0.5) is 0 Å². The minimum Gasteiger partial charge on any atom is -0.377 e. The highest BCUT2D eigenvalue weighted by atomic mass is 16.5. The summed E-state index contributed by atoms with van der Waals surface area (Å²) < 4.78 is 5.74. The average Bonchev–Trinajstić information content (AvgIpc) is 2.96. The molecule has 2 unspecified atom stereocenters. The second-order valence-corrected chi connectivity index (χ2v) is 4.93. The zero-order chi connectivity index (χ0) is 11.4. The second kappa shape index (κ2) is 5.64. The number of ether oxygens (including phenoxy) is 1. The average molecular weight is 226 g/mol. The van der Waals surface area contributed by atoms with Gasteiger partial charge in [-0.15, -0.1) is 0 Å². The van der Waals surface area contributed by atoms with Gasteiger partial charge in [0.25, 0.3) is 0 Å². The molecule has 0 aromatic carbocycles. The van der Waals surface area contributed by atoms with E-state index < -0.39 is 0 Å². The third kappa shape index (κ3) is 3.46. The number of carbonyl (C=O) groups is 1. The van der Waals surface area contributed by atoms with E-state index in [0.29, 0.717) is 37.6 Å². The monoisotopic (exact) mass is 226 g/mol. The molecule has 2 atom stereocenters. The topological polar surface area (TPSA) is 64.3 Å². The Morgan fingerprint density at radius 1 is 1.31 bits per heavy atom. The van der Waals surface area contributed by atoms with Crippen molar-refractivity contribution in [3.8, 4) is 0 Å². The molecule has 2 aliphatic rings. The van der Waals surface area contributed by atoms with E-state index in [0.717, 1.165) is 19.3 Å². The lowest BCUT2D eigenvalue weighted by Crippen LogP contribution is -2.29. The van der Waals surface area contributed by atoms with E-state index in [2.05, 4.69) is 5.32 Å². The van der Waals surface area contributed by atoms with Crippen LogP contribution in [0.25, 0.3) is 0 Å². The highest BCUT2D eigenvalue weighted by molar-refractivity contribution is 5.76. The summed E-state index contributed by atoms with van der Waals surface area (Å²) in [7, 11) is 0. The van der Waals surface area contributed by atoms with Crippen molar-refractivity contribution in [1.82, 2.24) is 5.32 Å². The SMILES string of the molecule is NCC1CCCC1OCCC(=O)NC1CC1. The first-order valence-electron chi connectivity index (χ1n) is 6.40. The number of amides is 1. The van der Waals surface area contributed by atoms with Gasteiger partial charge >= 0.3 is 0 Å². The first kappa shape index (κ1) is 11.9. The van der Waals surface area contributed by atoms with Gasteiger partial charge < -0.3 is 15.8 Å². The number of nitrogens with one attached hydrogen (secondary N) is 1. The molecule has 0 aromatic heterocycles. The summed E-state index contributed by atoms with van der Waals surface area (Å²) >= 11 is 0. The van der Waals surface area contributed by atoms with E-state index in [4.69, 9.17) is 10.5 Å². The van der Waals surface area contributed by atoms with Gasteiger partial charge in [-0.1, -0.05) is 6.42 Å². The van der Waals surface area contributed by atoms with Crippen molar-refractivity contribution >= 4 is 5.91 Å². The van der Waals surface area contributed by atoms with E-state index >= 15 is 0 Å². The Hall–Kier alpha value is -0.610. The van der Waals surface area contributed by atoms with Crippen molar-refractivity contribution in [2.45, 2.75) is 50.7 Å². The van der Waals surface area contributed by atoms with Crippen LogP contribution in [0.2, 0.25) is 0 Å². The highest BCUT2D eigenvalue weighted by Gasteiger charge is 2.27. The molecule has 0 radical (unpaired) electrons. The van der Waals surface area contributed by atoms with Gasteiger partial charge in [-0.2, -0.15) is 0 Å². The molecule has 2 fully saturated rings. The number of hydrogen-bond acceptors (Lipinski definition) is 3. The van der Waals surface area contributed by atoms with E-state index in [9.17, 15) is 4.79 Å². The maximum atomic E-state index is 11.4.